The Hall–Kier alpha value is -0.340. The largest absolute Gasteiger partial charge is 0.290 e. The second-order valence-corrected chi connectivity index (χ2v) is 3.00. The van der Waals surface area contributed by atoms with Crippen LogP contribution in [0.1, 0.15) is 0 Å². The third kappa shape index (κ3) is 1.39. The Morgan fingerprint density at radius 1 is 1.70 bits per heavy atom. The maximum atomic E-state index is 10.6. The Morgan fingerprint density at radius 3 is 2.70 bits per heavy atom. The molecule has 10 heavy (non-hydrogen) atoms. The van der Waals surface area contributed by atoms with Crippen molar-refractivity contribution < 1.29 is 4.79 Å². The van der Waals surface area contributed by atoms with Crippen LogP contribution in [-0.4, -0.2) is 22.9 Å². The number of rotatable bonds is 1. The standard InChI is InChI=1S/C6H5Cl2NO/c7-5(10)6(8)2-1-3-9-4-6/h1-3H,4H2. The van der Waals surface area contributed by atoms with Crippen molar-refractivity contribution in [2.75, 3.05) is 6.54 Å². The minimum absolute atomic E-state index is 0.230. The molecule has 54 valence electrons. The normalized spacial score (nSPS) is 30.6. The summed E-state index contributed by atoms with van der Waals surface area (Å²) in [5.41, 5.74) is 0. The fourth-order valence-corrected chi connectivity index (χ4v) is 0.887. The van der Waals surface area contributed by atoms with Crippen molar-refractivity contribution in [2.24, 2.45) is 4.99 Å². The summed E-state index contributed by atoms with van der Waals surface area (Å²) in [5, 5.41) is -0.581. The van der Waals surface area contributed by atoms with Gasteiger partial charge in [0.1, 0.15) is 0 Å². The van der Waals surface area contributed by atoms with Crippen molar-refractivity contribution in [3.05, 3.63) is 12.2 Å². The maximum Gasteiger partial charge on any atom is 0.248 e. The molecule has 0 saturated heterocycles. The lowest BCUT2D eigenvalue weighted by molar-refractivity contribution is -0.112. The minimum atomic E-state index is -1.10. The fourth-order valence-electron chi connectivity index (χ4n) is 0.622. The smallest absolute Gasteiger partial charge is 0.248 e. The first-order chi connectivity index (χ1) is 4.65. The number of allylic oxidation sites excluding steroid dienone is 1. The Bertz CT molecular complexity index is 212. The number of nitrogens with zero attached hydrogens (tertiary/aromatic N) is 1. The van der Waals surface area contributed by atoms with E-state index in [1.165, 1.54) is 6.08 Å². The van der Waals surface area contributed by atoms with Crippen LogP contribution in [0.4, 0.5) is 0 Å². The van der Waals surface area contributed by atoms with Gasteiger partial charge in [0.25, 0.3) is 0 Å². The Labute approximate surface area is 68.5 Å². The Morgan fingerprint density at radius 2 is 2.40 bits per heavy atom. The molecule has 1 aliphatic heterocycles. The summed E-state index contributed by atoms with van der Waals surface area (Å²) in [4.78, 5) is 13.3. The van der Waals surface area contributed by atoms with Crippen LogP contribution < -0.4 is 0 Å². The molecule has 0 saturated carbocycles. The van der Waals surface area contributed by atoms with Gasteiger partial charge in [-0.3, -0.25) is 9.79 Å². The average Bonchev–Trinajstić information content (AvgIpc) is 1.89. The monoisotopic (exact) mass is 177 g/mol. The lowest BCUT2D eigenvalue weighted by Gasteiger charge is -2.16. The molecule has 0 aliphatic carbocycles. The van der Waals surface area contributed by atoms with Gasteiger partial charge in [0.15, 0.2) is 4.87 Å². The molecule has 0 fully saturated rings. The molecule has 0 bridgehead atoms. The molecule has 1 heterocycles. The summed E-state index contributed by atoms with van der Waals surface area (Å²) in [6.45, 7) is 0.230. The summed E-state index contributed by atoms with van der Waals surface area (Å²) in [5.74, 6) is 0. The number of carbonyl (C=O) groups is 1. The van der Waals surface area contributed by atoms with Gasteiger partial charge in [-0.25, -0.2) is 0 Å². The number of aliphatic imine (C=N–C) groups is 1. The van der Waals surface area contributed by atoms with Gasteiger partial charge in [-0.15, -0.1) is 11.6 Å². The fraction of sp³-hybridized carbons (Fsp3) is 0.333. The van der Waals surface area contributed by atoms with Gasteiger partial charge in [-0.2, -0.15) is 0 Å². The number of hydrogen-bond donors (Lipinski definition) is 0. The molecule has 1 atom stereocenters. The summed E-state index contributed by atoms with van der Waals surface area (Å²) in [6.07, 6.45) is 4.73. The van der Waals surface area contributed by atoms with Crippen molar-refractivity contribution in [1.82, 2.24) is 0 Å². The highest BCUT2D eigenvalue weighted by molar-refractivity contribution is 6.71. The van der Waals surface area contributed by atoms with Crippen LogP contribution in [0.5, 0.6) is 0 Å². The van der Waals surface area contributed by atoms with E-state index in [-0.39, 0.29) is 6.54 Å². The van der Waals surface area contributed by atoms with Crippen LogP contribution in [0.2, 0.25) is 0 Å². The molecule has 2 nitrogen and oxygen atoms in total. The highest BCUT2D eigenvalue weighted by atomic mass is 35.5. The number of carbonyl (C=O) groups excluding carboxylic acids is 1. The number of alkyl halides is 1. The molecule has 0 aromatic carbocycles. The molecule has 4 heteroatoms. The quantitative estimate of drug-likeness (QED) is 0.440. The van der Waals surface area contributed by atoms with E-state index in [1.807, 2.05) is 0 Å². The van der Waals surface area contributed by atoms with Crippen LogP contribution in [-0.2, 0) is 4.79 Å². The molecular weight excluding hydrogens is 173 g/mol. The molecule has 0 spiro atoms. The van der Waals surface area contributed by atoms with E-state index in [2.05, 4.69) is 4.99 Å². The molecule has 1 aliphatic rings. The van der Waals surface area contributed by atoms with E-state index in [9.17, 15) is 4.79 Å². The van der Waals surface area contributed by atoms with E-state index in [1.54, 1.807) is 12.3 Å². The molecule has 0 aromatic rings. The zero-order valence-electron chi connectivity index (χ0n) is 5.05. The summed E-state index contributed by atoms with van der Waals surface area (Å²) >= 11 is 10.9. The van der Waals surface area contributed by atoms with Crippen LogP contribution in [0.25, 0.3) is 0 Å². The summed E-state index contributed by atoms with van der Waals surface area (Å²) in [6, 6.07) is 0. The second-order valence-electron chi connectivity index (χ2n) is 1.99. The Balaban J connectivity index is 2.80. The van der Waals surface area contributed by atoms with Crippen molar-refractivity contribution in [3.63, 3.8) is 0 Å². The van der Waals surface area contributed by atoms with Crippen molar-refractivity contribution in [3.8, 4) is 0 Å². The zero-order chi connectivity index (χ0) is 7.61. The van der Waals surface area contributed by atoms with Gasteiger partial charge in [0, 0.05) is 6.21 Å². The van der Waals surface area contributed by atoms with Crippen LogP contribution in [0, 0.1) is 0 Å². The number of hydrogen-bond acceptors (Lipinski definition) is 2. The van der Waals surface area contributed by atoms with Crippen LogP contribution in [0.15, 0.2) is 17.1 Å². The highest BCUT2D eigenvalue weighted by Crippen LogP contribution is 2.22. The Kier molecular flexibility index (Phi) is 2.11. The SMILES string of the molecule is O=C(Cl)C1(Cl)C=CC=NC1. The van der Waals surface area contributed by atoms with Crippen molar-refractivity contribution in [1.29, 1.82) is 0 Å². The molecule has 0 N–H and O–H groups in total. The topological polar surface area (TPSA) is 29.4 Å². The van der Waals surface area contributed by atoms with Crippen LogP contribution >= 0.6 is 23.2 Å². The molecule has 0 radical (unpaired) electrons. The first-order valence-electron chi connectivity index (χ1n) is 2.72. The van der Waals surface area contributed by atoms with Gasteiger partial charge >= 0.3 is 0 Å². The molecule has 1 rings (SSSR count). The van der Waals surface area contributed by atoms with Crippen LogP contribution in [0.3, 0.4) is 0 Å². The summed E-state index contributed by atoms with van der Waals surface area (Å²) < 4.78 is 0. The molecule has 0 amide bonds. The van der Waals surface area contributed by atoms with Gasteiger partial charge in [0.05, 0.1) is 6.54 Å². The van der Waals surface area contributed by atoms with E-state index < -0.39 is 10.1 Å². The van der Waals surface area contributed by atoms with Gasteiger partial charge in [0.2, 0.25) is 5.24 Å². The third-order valence-corrected chi connectivity index (χ3v) is 2.05. The lowest BCUT2D eigenvalue weighted by Crippen LogP contribution is -2.31. The molecule has 0 aromatic heterocycles. The number of dihydropyridines is 1. The van der Waals surface area contributed by atoms with Gasteiger partial charge < -0.3 is 0 Å². The average molecular weight is 178 g/mol. The summed E-state index contributed by atoms with van der Waals surface area (Å²) in [7, 11) is 0. The first kappa shape index (κ1) is 7.76. The zero-order valence-corrected chi connectivity index (χ0v) is 6.56. The van der Waals surface area contributed by atoms with E-state index in [0.29, 0.717) is 0 Å². The van der Waals surface area contributed by atoms with Gasteiger partial charge in [-0.05, 0) is 17.7 Å². The van der Waals surface area contributed by atoms with Crippen molar-refractivity contribution in [2.45, 2.75) is 4.87 Å². The maximum absolute atomic E-state index is 10.6. The highest BCUT2D eigenvalue weighted by Gasteiger charge is 2.32. The molecule has 1 unspecified atom stereocenters. The van der Waals surface area contributed by atoms with Gasteiger partial charge in [-0.1, -0.05) is 6.08 Å². The number of halogens is 2. The predicted molar refractivity (Wildman–Crippen MR) is 41.9 cm³/mol. The second kappa shape index (κ2) is 2.72. The lowest BCUT2D eigenvalue weighted by atomic mass is 10.1. The van der Waals surface area contributed by atoms with E-state index >= 15 is 0 Å². The van der Waals surface area contributed by atoms with E-state index in [4.69, 9.17) is 23.2 Å². The van der Waals surface area contributed by atoms with E-state index in [0.717, 1.165) is 0 Å². The third-order valence-electron chi connectivity index (χ3n) is 1.20. The van der Waals surface area contributed by atoms with Crippen molar-refractivity contribution >= 4 is 34.7 Å². The predicted octanol–water partition coefficient (Wildman–Crippen LogP) is 1.37. The molecular formula is C6H5Cl2NO. The first-order valence-corrected chi connectivity index (χ1v) is 3.47. The minimum Gasteiger partial charge on any atom is -0.290 e.